The summed E-state index contributed by atoms with van der Waals surface area (Å²) in [6.07, 6.45) is 5.95. The molecule has 2 nitrogen and oxygen atoms in total. The second-order valence-corrected chi connectivity index (χ2v) is 5.40. The molecule has 0 aliphatic carbocycles. The Morgan fingerprint density at radius 3 is 3.20 bits per heavy atom. The summed E-state index contributed by atoms with van der Waals surface area (Å²) in [7, 11) is 0. The van der Waals surface area contributed by atoms with Crippen LogP contribution >= 0.6 is 11.8 Å². The molecule has 0 spiro atoms. The van der Waals surface area contributed by atoms with Crippen LogP contribution in [-0.2, 0) is 0 Å². The topological polar surface area (TPSA) is 24.1 Å². The first kappa shape index (κ1) is 13.1. The normalized spacial score (nSPS) is 22.9. The Morgan fingerprint density at radius 2 is 2.53 bits per heavy atom. The van der Waals surface area contributed by atoms with Crippen LogP contribution in [0.15, 0.2) is 12.7 Å². The molecule has 1 aliphatic heterocycles. The first-order chi connectivity index (χ1) is 7.33. The summed E-state index contributed by atoms with van der Waals surface area (Å²) in [5.74, 6) is 2.26. The lowest BCUT2D eigenvalue weighted by Crippen LogP contribution is -2.34. The molecule has 1 fully saturated rings. The summed E-state index contributed by atoms with van der Waals surface area (Å²) in [6, 6.07) is 1.40. The fourth-order valence-electron chi connectivity index (χ4n) is 2.01. The van der Waals surface area contributed by atoms with Crippen LogP contribution in [0.25, 0.3) is 0 Å². The van der Waals surface area contributed by atoms with Crippen LogP contribution in [0.1, 0.15) is 26.2 Å². The van der Waals surface area contributed by atoms with E-state index in [1.165, 1.54) is 31.6 Å². The van der Waals surface area contributed by atoms with Gasteiger partial charge in [-0.1, -0.05) is 6.08 Å². The van der Waals surface area contributed by atoms with Gasteiger partial charge in [0.1, 0.15) is 0 Å². The predicted octanol–water partition coefficient (Wildman–Crippen LogP) is 2.03. The quantitative estimate of drug-likeness (QED) is 0.491. The molecule has 1 aliphatic rings. The molecule has 0 radical (unpaired) electrons. The molecule has 3 heteroatoms. The zero-order chi connectivity index (χ0) is 10.9. The third kappa shape index (κ3) is 6.23. The van der Waals surface area contributed by atoms with Crippen molar-refractivity contribution in [2.75, 3.05) is 24.6 Å². The zero-order valence-electron chi connectivity index (χ0n) is 9.80. The molecule has 0 aromatic heterocycles. The highest BCUT2D eigenvalue weighted by Crippen LogP contribution is 2.10. The van der Waals surface area contributed by atoms with Crippen molar-refractivity contribution in [3.63, 3.8) is 0 Å². The Balaban J connectivity index is 1.93. The van der Waals surface area contributed by atoms with Crippen molar-refractivity contribution in [1.29, 1.82) is 0 Å². The van der Waals surface area contributed by atoms with Gasteiger partial charge in [0, 0.05) is 30.1 Å². The summed E-state index contributed by atoms with van der Waals surface area (Å²) >= 11 is 1.94. The molecular weight excluding hydrogens is 204 g/mol. The summed E-state index contributed by atoms with van der Waals surface area (Å²) in [5, 5.41) is 7.11. The van der Waals surface area contributed by atoms with E-state index in [1.807, 2.05) is 17.8 Å². The first-order valence-corrected chi connectivity index (χ1v) is 7.14. The van der Waals surface area contributed by atoms with Gasteiger partial charge >= 0.3 is 0 Å². The molecule has 0 bridgehead atoms. The van der Waals surface area contributed by atoms with E-state index in [0.29, 0.717) is 6.04 Å². The van der Waals surface area contributed by atoms with E-state index in [0.717, 1.165) is 18.3 Å². The maximum atomic E-state index is 3.71. The van der Waals surface area contributed by atoms with Crippen LogP contribution in [0.3, 0.4) is 0 Å². The van der Waals surface area contributed by atoms with E-state index in [2.05, 4.69) is 24.1 Å². The summed E-state index contributed by atoms with van der Waals surface area (Å²) in [6.45, 7) is 8.33. The lowest BCUT2D eigenvalue weighted by molar-refractivity contribution is 0.450. The maximum absolute atomic E-state index is 3.71. The lowest BCUT2D eigenvalue weighted by atomic mass is 10.1. The number of nitrogens with one attached hydrogen (secondary N) is 2. The van der Waals surface area contributed by atoms with Crippen LogP contribution in [0.2, 0.25) is 0 Å². The number of rotatable bonds is 8. The van der Waals surface area contributed by atoms with Crippen LogP contribution in [0.5, 0.6) is 0 Å². The second kappa shape index (κ2) is 8.20. The molecule has 1 saturated heterocycles. The van der Waals surface area contributed by atoms with Gasteiger partial charge in [-0.15, -0.1) is 6.58 Å². The summed E-state index contributed by atoms with van der Waals surface area (Å²) in [5.41, 5.74) is 0. The van der Waals surface area contributed by atoms with Gasteiger partial charge in [0.2, 0.25) is 0 Å². The Labute approximate surface area is 98.3 Å². The molecule has 0 aromatic rings. The van der Waals surface area contributed by atoms with Crippen molar-refractivity contribution in [1.82, 2.24) is 10.6 Å². The van der Waals surface area contributed by atoms with Gasteiger partial charge in [0.25, 0.3) is 0 Å². The minimum absolute atomic E-state index is 0.643. The van der Waals surface area contributed by atoms with E-state index in [4.69, 9.17) is 0 Å². The molecule has 0 aromatic carbocycles. The fourth-order valence-corrected chi connectivity index (χ4v) is 2.61. The van der Waals surface area contributed by atoms with Crippen LogP contribution < -0.4 is 10.6 Å². The van der Waals surface area contributed by atoms with Crippen LogP contribution in [-0.4, -0.2) is 36.7 Å². The smallest absolute Gasteiger partial charge is 0.0111 e. The zero-order valence-corrected chi connectivity index (χ0v) is 10.6. The highest BCUT2D eigenvalue weighted by Gasteiger charge is 2.16. The predicted molar refractivity (Wildman–Crippen MR) is 70.6 cm³/mol. The fraction of sp³-hybridized carbons (Fsp3) is 0.833. The molecule has 88 valence electrons. The van der Waals surface area contributed by atoms with Crippen molar-refractivity contribution in [3.8, 4) is 0 Å². The minimum Gasteiger partial charge on any atom is -0.314 e. The van der Waals surface area contributed by atoms with Crippen molar-refractivity contribution in [2.45, 2.75) is 38.3 Å². The molecule has 2 N–H and O–H groups in total. The number of thioether (sulfide) groups is 1. The van der Waals surface area contributed by atoms with E-state index < -0.39 is 0 Å². The molecule has 0 amide bonds. The number of hydrogen-bond acceptors (Lipinski definition) is 3. The summed E-state index contributed by atoms with van der Waals surface area (Å²) < 4.78 is 0. The van der Waals surface area contributed by atoms with E-state index in [9.17, 15) is 0 Å². The van der Waals surface area contributed by atoms with Crippen molar-refractivity contribution in [2.24, 2.45) is 0 Å². The molecule has 15 heavy (non-hydrogen) atoms. The highest BCUT2D eigenvalue weighted by atomic mass is 32.2. The monoisotopic (exact) mass is 228 g/mol. The standard InChI is InChI=1S/C12H24N2S/c1-3-8-15-9-7-13-11(2)10-12-5-4-6-14-12/h3,11-14H,1,4-10H2,2H3. The van der Waals surface area contributed by atoms with Gasteiger partial charge in [-0.25, -0.2) is 0 Å². The van der Waals surface area contributed by atoms with Gasteiger partial charge in [-0.2, -0.15) is 11.8 Å². The first-order valence-electron chi connectivity index (χ1n) is 5.98. The second-order valence-electron chi connectivity index (χ2n) is 4.25. The molecular formula is C12H24N2S. The van der Waals surface area contributed by atoms with E-state index in [-0.39, 0.29) is 0 Å². The van der Waals surface area contributed by atoms with Gasteiger partial charge in [0.05, 0.1) is 0 Å². The highest BCUT2D eigenvalue weighted by molar-refractivity contribution is 7.99. The van der Waals surface area contributed by atoms with Crippen molar-refractivity contribution < 1.29 is 0 Å². The Bertz CT molecular complexity index is 167. The SMILES string of the molecule is C=CCSCCNC(C)CC1CCCN1. The van der Waals surface area contributed by atoms with Crippen LogP contribution in [0.4, 0.5) is 0 Å². The third-order valence-electron chi connectivity index (χ3n) is 2.78. The Kier molecular flexibility index (Phi) is 7.14. The Hall–Kier alpha value is 0.01000. The van der Waals surface area contributed by atoms with Gasteiger partial charge in [-0.05, 0) is 32.7 Å². The Morgan fingerprint density at radius 1 is 1.67 bits per heavy atom. The molecule has 2 unspecified atom stereocenters. The lowest BCUT2D eigenvalue weighted by Gasteiger charge is -2.18. The average Bonchev–Trinajstić information content (AvgIpc) is 2.70. The van der Waals surface area contributed by atoms with E-state index in [1.54, 1.807) is 0 Å². The van der Waals surface area contributed by atoms with Gasteiger partial charge in [-0.3, -0.25) is 0 Å². The molecule has 1 rings (SSSR count). The molecule has 2 atom stereocenters. The van der Waals surface area contributed by atoms with E-state index >= 15 is 0 Å². The third-order valence-corrected chi connectivity index (χ3v) is 3.74. The summed E-state index contributed by atoms with van der Waals surface area (Å²) in [4.78, 5) is 0. The van der Waals surface area contributed by atoms with Crippen LogP contribution in [0, 0.1) is 0 Å². The molecule has 1 heterocycles. The largest absolute Gasteiger partial charge is 0.314 e. The molecule has 0 saturated carbocycles. The van der Waals surface area contributed by atoms with Gasteiger partial charge in [0.15, 0.2) is 0 Å². The number of hydrogen-bond donors (Lipinski definition) is 2. The van der Waals surface area contributed by atoms with Gasteiger partial charge < -0.3 is 10.6 Å². The van der Waals surface area contributed by atoms with Crippen molar-refractivity contribution >= 4 is 11.8 Å². The average molecular weight is 228 g/mol. The minimum atomic E-state index is 0.643. The maximum Gasteiger partial charge on any atom is 0.0111 e. The van der Waals surface area contributed by atoms with Crippen molar-refractivity contribution in [3.05, 3.63) is 12.7 Å².